The van der Waals surface area contributed by atoms with Crippen LogP contribution in [0.1, 0.15) is 32.5 Å². The van der Waals surface area contributed by atoms with Crippen LogP contribution in [0, 0.1) is 0 Å². The van der Waals surface area contributed by atoms with Crippen LogP contribution in [0.3, 0.4) is 0 Å². The van der Waals surface area contributed by atoms with Crippen LogP contribution < -0.4 is 4.74 Å². The van der Waals surface area contributed by atoms with Crippen LogP contribution in [-0.2, 0) is 5.41 Å². The van der Waals surface area contributed by atoms with Crippen LogP contribution in [0.25, 0.3) is 0 Å². The van der Waals surface area contributed by atoms with Crippen LogP contribution in [0.5, 0.6) is 5.75 Å². The number of nitrogens with zero attached hydrogens (tertiary/aromatic N) is 2. The zero-order valence-corrected chi connectivity index (χ0v) is 8.08. The Bertz CT molecular complexity index is 290. The Kier molecular flexibility index (Phi) is 1.94. The molecule has 1 saturated carbocycles. The summed E-state index contributed by atoms with van der Waals surface area (Å²) in [5.74, 6) is 1.71. The van der Waals surface area contributed by atoms with Crippen molar-refractivity contribution in [2.45, 2.75) is 32.1 Å². The van der Waals surface area contributed by atoms with E-state index >= 15 is 0 Å². The second-order valence-corrected chi connectivity index (χ2v) is 3.74. The van der Waals surface area contributed by atoms with Crippen LogP contribution in [-0.4, -0.2) is 16.6 Å². The molecule has 1 fully saturated rings. The maximum Gasteiger partial charge on any atom is 0.155 e. The van der Waals surface area contributed by atoms with E-state index in [-0.39, 0.29) is 5.41 Å². The Morgan fingerprint density at radius 3 is 2.46 bits per heavy atom. The average molecular weight is 178 g/mol. The van der Waals surface area contributed by atoms with E-state index in [1.807, 2.05) is 6.92 Å². The summed E-state index contributed by atoms with van der Waals surface area (Å²) in [5.41, 5.74) is 0.255. The van der Waals surface area contributed by atoms with Gasteiger partial charge < -0.3 is 4.74 Å². The van der Waals surface area contributed by atoms with E-state index in [1.165, 1.54) is 12.8 Å². The smallest absolute Gasteiger partial charge is 0.155 e. The third-order valence-electron chi connectivity index (χ3n) is 2.48. The summed E-state index contributed by atoms with van der Waals surface area (Å²) in [6, 6.07) is 0. The van der Waals surface area contributed by atoms with E-state index in [2.05, 4.69) is 16.9 Å². The summed E-state index contributed by atoms with van der Waals surface area (Å²) in [5, 5.41) is 0. The van der Waals surface area contributed by atoms with Crippen molar-refractivity contribution in [3.8, 4) is 5.75 Å². The average Bonchev–Trinajstić information content (AvgIpc) is 2.87. The van der Waals surface area contributed by atoms with Crippen molar-refractivity contribution in [3.63, 3.8) is 0 Å². The van der Waals surface area contributed by atoms with Crippen molar-refractivity contribution in [2.24, 2.45) is 0 Å². The molecule has 0 atom stereocenters. The molecule has 1 aliphatic carbocycles. The highest BCUT2D eigenvalue weighted by Gasteiger charge is 2.41. The maximum atomic E-state index is 5.27. The van der Waals surface area contributed by atoms with E-state index in [4.69, 9.17) is 4.74 Å². The fraction of sp³-hybridized carbons (Fsp3) is 0.600. The molecule has 2 rings (SSSR count). The Morgan fingerprint density at radius 2 is 2.00 bits per heavy atom. The molecule has 1 aliphatic rings. The van der Waals surface area contributed by atoms with Gasteiger partial charge in [-0.2, -0.15) is 0 Å². The van der Waals surface area contributed by atoms with E-state index in [1.54, 1.807) is 12.4 Å². The number of rotatable bonds is 3. The van der Waals surface area contributed by atoms with E-state index in [9.17, 15) is 0 Å². The molecule has 0 radical (unpaired) electrons. The molecule has 3 nitrogen and oxygen atoms in total. The van der Waals surface area contributed by atoms with Gasteiger partial charge in [-0.3, -0.25) is 0 Å². The topological polar surface area (TPSA) is 35.0 Å². The van der Waals surface area contributed by atoms with E-state index in [0.717, 1.165) is 11.6 Å². The summed E-state index contributed by atoms with van der Waals surface area (Å²) < 4.78 is 5.27. The second-order valence-electron chi connectivity index (χ2n) is 3.74. The lowest BCUT2D eigenvalue weighted by Gasteiger charge is -2.07. The molecule has 3 heteroatoms. The normalized spacial score (nSPS) is 18.3. The van der Waals surface area contributed by atoms with Crippen molar-refractivity contribution < 1.29 is 4.74 Å². The SMILES string of the molecule is CCOc1cnc(C2(C)CC2)nc1. The first kappa shape index (κ1) is 8.48. The predicted molar refractivity (Wildman–Crippen MR) is 49.8 cm³/mol. The number of aromatic nitrogens is 2. The Balaban J connectivity index is 2.14. The molecule has 1 aromatic heterocycles. The molecule has 0 aromatic carbocycles. The molecule has 0 bridgehead atoms. The minimum absolute atomic E-state index is 0.255. The van der Waals surface area contributed by atoms with E-state index < -0.39 is 0 Å². The molecule has 0 saturated heterocycles. The summed E-state index contributed by atoms with van der Waals surface area (Å²) in [4.78, 5) is 8.59. The molecule has 0 aliphatic heterocycles. The number of hydrogen-bond donors (Lipinski definition) is 0. The van der Waals surface area contributed by atoms with Gasteiger partial charge in [-0.25, -0.2) is 9.97 Å². The molecule has 0 spiro atoms. The van der Waals surface area contributed by atoms with Gasteiger partial charge in [0.15, 0.2) is 5.75 Å². The summed E-state index contributed by atoms with van der Waals surface area (Å²) in [6.07, 6.45) is 5.94. The Hall–Kier alpha value is -1.12. The fourth-order valence-electron chi connectivity index (χ4n) is 1.28. The van der Waals surface area contributed by atoms with Crippen LogP contribution in [0.4, 0.5) is 0 Å². The van der Waals surface area contributed by atoms with Gasteiger partial charge in [0.1, 0.15) is 5.82 Å². The van der Waals surface area contributed by atoms with Gasteiger partial charge in [0, 0.05) is 5.41 Å². The first-order chi connectivity index (χ1) is 6.24. The molecule has 70 valence electrons. The van der Waals surface area contributed by atoms with Gasteiger partial charge in [-0.15, -0.1) is 0 Å². The van der Waals surface area contributed by atoms with Gasteiger partial charge >= 0.3 is 0 Å². The zero-order chi connectivity index (χ0) is 9.31. The first-order valence-electron chi connectivity index (χ1n) is 4.70. The Labute approximate surface area is 78.2 Å². The van der Waals surface area contributed by atoms with Gasteiger partial charge in [-0.05, 0) is 19.8 Å². The zero-order valence-electron chi connectivity index (χ0n) is 8.08. The summed E-state index contributed by atoms with van der Waals surface area (Å²) in [7, 11) is 0. The minimum Gasteiger partial charge on any atom is -0.491 e. The molecule has 0 unspecified atom stereocenters. The van der Waals surface area contributed by atoms with Crippen LogP contribution in [0.15, 0.2) is 12.4 Å². The number of ether oxygens (including phenoxy) is 1. The highest BCUT2D eigenvalue weighted by atomic mass is 16.5. The van der Waals surface area contributed by atoms with Crippen molar-refractivity contribution in [1.82, 2.24) is 9.97 Å². The lowest BCUT2D eigenvalue weighted by molar-refractivity contribution is 0.336. The first-order valence-corrected chi connectivity index (χ1v) is 4.70. The van der Waals surface area contributed by atoms with Crippen LogP contribution in [0.2, 0.25) is 0 Å². The minimum atomic E-state index is 0.255. The van der Waals surface area contributed by atoms with E-state index in [0.29, 0.717) is 6.61 Å². The third-order valence-corrected chi connectivity index (χ3v) is 2.48. The molecular formula is C10H14N2O. The summed E-state index contributed by atoms with van der Waals surface area (Å²) in [6.45, 7) is 4.82. The highest BCUT2D eigenvalue weighted by molar-refractivity contribution is 5.20. The standard InChI is InChI=1S/C10H14N2O/c1-3-13-8-6-11-9(12-7-8)10(2)4-5-10/h6-7H,3-5H2,1-2H3. The Morgan fingerprint density at radius 1 is 1.38 bits per heavy atom. The maximum absolute atomic E-state index is 5.27. The molecule has 13 heavy (non-hydrogen) atoms. The molecule has 1 aromatic rings. The van der Waals surface area contributed by atoms with Gasteiger partial charge in [0.05, 0.1) is 19.0 Å². The van der Waals surface area contributed by atoms with Crippen molar-refractivity contribution in [1.29, 1.82) is 0 Å². The predicted octanol–water partition coefficient (Wildman–Crippen LogP) is 1.93. The van der Waals surface area contributed by atoms with Crippen molar-refractivity contribution in [3.05, 3.63) is 18.2 Å². The van der Waals surface area contributed by atoms with Crippen LogP contribution >= 0.6 is 0 Å². The lowest BCUT2D eigenvalue weighted by Crippen LogP contribution is -2.06. The van der Waals surface area contributed by atoms with Crippen molar-refractivity contribution >= 4 is 0 Å². The largest absolute Gasteiger partial charge is 0.491 e. The molecule has 1 heterocycles. The monoisotopic (exact) mass is 178 g/mol. The third kappa shape index (κ3) is 1.64. The quantitative estimate of drug-likeness (QED) is 0.709. The van der Waals surface area contributed by atoms with Gasteiger partial charge in [-0.1, -0.05) is 6.92 Å². The fourth-order valence-corrected chi connectivity index (χ4v) is 1.28. The molecule has 0 amide bonds. The highest BCUT2D eigenvalue weighted by Crippen LogP contribution is 2.45. The number of hydrogen-bond acceptors (Lipinski definition) is 3. The lowest BCUT2D eigenvalue weighted by atomic mass is 10.1. The summed E-state index contributed by atoms with van der Waals surface area (Å²) >= 11 is 0. The van der Waals surface area contributed by atoms with Gasteiger partial charge in [0.25, 0.3) is 0 Å². The van der Waals surface area contributed by atoms with Gasteiger partial charge in [0.2, 0.25) is 0 Å². The molecule has 0 N–H and O–H groups in total. The van der Waals surface area contributed by atoms with Crippen molar-refractivity contribution in [2.75, 3.05) is 6.61 Å². The molecular weight excluding hydrogens is 164 g/mol. The second kappa shape index (κ2) is 2.98.